The molecule has 1 fully saturated rings. The third kappa shape index (κ3) is 3.69. The van der Waals surface area contributed by atoms with Crippen LogP contribution in [0, 0.1) is 0 Å². The second-order valence-corrected chi connectivity index (χ2v) is 6.86. The fraction of sp³-hybridized carbons (Fsp3) is 0.286. The predicted molar refractivity (Wildman–Crippen MR) is 105 cm³/mol. The van der Waals surface area contributed by atoms with Gasteiger partial charge in [0.15, 0.2) is 0 Å². The predicted octanol–water partition coefficient (Wildman–Crippen LogP) is 3.63. The number of fused-ring (bicyclic) bond motifs is 1. The third-order valence-corrected chi connectivity index (χ3v) is 5.05. The van der Waals surface area contributed by atoms with Gasteiger partial charge in [-0.15, -0.1) is 0 Å². The van der Waals surface area contributed by atoms with Crippen molar-refractivity contribution < 1.29 is 9.59 Å². The summed E-state index contributed by atoms with van der Waals surface area (Å²) in [6.07, 6.45) is 3.98. The highest BCUT2D eigenvalue weighted by molar-refractivity contribution is 6.12. The maximum Gasteiger partial charge on any atom is 0.328 e. The third-order valence-electron chi connectivity index (χ3n) is 5.05. The molecule has 0 bridgehead atoms. The van der Waals surface area contributed by atoms with Crippen LogP contribution in [0.25, 0.3) is 0 Å². The average Bonchev–Trinajstić information content (AvgIpc) is 3.07. The SMILES string of the molecule is O=C(NC1=N[C@@H]2CCCC[C@@H]2N1C(=O)Nc1ccccc1)c1ccccc1. The molecule has 2 aromatic carbocycles. The van der Waals surface area contributed by atoms with Gasteiger partial charge in [-0.1, -0.05) is 49.2 Å². The molecule has 1 aliphatic carbocycles. The second kappa shape index (κ2) is 7.61. The minimum absolute atomic E-state index is 0.00599. The lowest BCUT2D eigenvalue weighted by atomic mass is 9.91. The number of hydrogen-bond donors (Lipinski definition) is 2. The Morgan fingerprint density at radius 3 is 2.30 bits per heavy atom. The minimum Gasteiger partial charge on any atom is -0.307 e. The lowest BCUT2D eigenvalue weighted by molar-refractivity contribution is 0.0973. The first-order valence-electron chi connectivity index (χ1n) is 9.32. The van der Waals surface area contributed by atoms with Crippen molar-refractivity contribution in [2.75, 3.05) is 5.32 Å². The van der Waals surface area contributed by atoms with Crippen LogP contribution in [0.3, 0.4) is 0 Å². The molecule has 1 aliphatic heterocycles. The Labute approximate surface area is 158 Å². The van der Waals surface area contributed by atoms with Gasteiger partial charge >= 0.3 is 6.03 Å². The van der Waals surface area contributed by atoms with Crippen LogP contribution in [0.1, 0.15) is 36.0 Å². The summed E-state index contributed by atoms with van der Waals surface area (Å²) in [5.41, 5.74) is 1.26. The number of nitrogens with one attached hydrogen (secondary N) is 2. The summed E-state index contributed by atoms with van der Waals surface area (Å²) in [5, 5.41) is 5.76. The van der Waals surface area contributed by atoms with E-state index in [0.717, 1.165) is 31.4 Å². The van der Waals surface area contributed by atoms with E-state index in [9.17, 15) is 9.59 Å². The van der Waals surface area contributed by atoms with Crippen molar-refractivity contribution in [1.82, 2.24) is 10.2 Å². The van der Waals surface area contributed by atoms with Crippen LogP contribution in [0.2, 0.25) is 0 Å². The van der Waals surface area contributed by atoms with Crippen LogP contribution in [-0.2, 0) is 0 Å². The molecule has 138 valence electrons. The summed E-state index contributed by atoms with van der Waals surface area (Å²) < 4.78 is 0. The molecule has 0 aromatic heterocycles. The zero-order valence-electron chi connectivity index (χ0n) is 15.0. The molecule has 0 unspecified atom stereocenters. The van der Waals surface area contributed by atoms with Gasteiger partial charge in [-0.25, -0.2) is 9.79 Å². The highest BCUT2D eigenvalue weighted by Crippen LogP contribution is 2.31. The van der Waals surface area contributed by atoms with Crippen LogP contribution in [0.15, 0.2) is 65.7 Å². The first-order valence-corrected chi connectivity index (χ1v) is 9.32. The van der Waals surface area contributed by atoms with Gasteiger partial charge in [-0.3, -0.25) is 15.0 Å². The van der Waals surface area contributed by atoms with E-state index >= 15 is 0 Å². The van der Waals surface area contributed by atoms with Gasteiger partial charge in [0.25, 0.3) is 5.91 Å². The maximum atomic E-state index is 13.0. The molecular weight excluding hydrogens is 340 g/mol. The summed E-state index contributed by atoms with van der Waals surface area (Å²) in [6, 6.07) is 18.1. The van der Waals surface area contributed by atoms with E-state index < -0.39 is 0 Å². The number of anilines is 1. The zero-order chi connectivity index (χ0) is 18.6. The summed E-state index contributed by atoms with van der Waals surface area (Å²) in [4.78, 5) is 31.9. The number of carbonyl (C=O) groups excluding carboxylic acids is 2. The first kappa shape index (κ1) is 17.3. The first-order chi connectivity index (χ1) is 13.2. The van der Waals surface area contributed by atoms with Crippen LogP contribution in [0.4, 0.5) is 10.5 Å². The molecule has 2 aromatic rings. The molecule has 3 amide bonds. The number of rotatable bonds is 2. The van der Waals surface area contributed by atoms with Gasteiger partial charge in [-0.05, 0) is 37.1 Å². The van der Waals surface area contributed by atoms with Crippen LogP contribution in [-0.4, -0.2) is 34.9 Å². The van der Waals surface area contributed by atoms with Crippen LogP contribution >= 0.6 is 0 Å². The normalized spacial score (nSPS) is 21.2. The van der Waals surface area contributed by atoms with E-state index in [1.807, 2.05) is 48.5 Å². The van der Waals surface area contributed by atoms with Gasteiger partial charge in [0.2, 0.25) is 5.96 Å². The Balaban J connectivity index is 1.55. The lowest BCUT2D eigenvalue weighted by Gasteiger charge is -2.31. The molecule has 0 radical (unpaired) electrons. The van der Waals surface area contributed by atoms with Crippen molar-refractivity contribution in [2.24, 2.45) is 4.99 Å². The van der Waals surface area contributed by atoms with Gasteiger partial charge in [0.1, 0.15) is 0 Å². The number of para-hydroxylation sites is 1. The Kier molecular flexibility index (Phi) is 4.87. The maximum absolute atomic E-state index is 13.0. The van der Waals surface area contributed by atoms with Crippen molar-refractivity contribution in [3.8, 4) is 0 Å². The van der Waals surface area contributed by atoms with E-state index in [1.165, 1.54) is 0 Å². The number of hydrogen-bond acceptors (Lipinski definition) is 3. The largest absolute Gasteiger partial charge is 0.328 e. The van der Waals surface area contributed by atoms with Gasteiger partial charge < -0.3 is 5.32 Å². The van der Waals surface area contributed by atoms with Crippen molar-refractivity contribution in [1.29, 1.82) is 0 Å². The highest BCUT2D eigenvalue weighted by atomic mass is 16.2. The van der Waals surface area contributed by atoms with Gasteiger partial charge in [-0.2, -0.15) is 0 Å². The zero-order valence-corrected chi connectivity index (χ0v) is 15.0. The highest BCUT2D eigenvalue weighted by Gasteiger charge is 2.41. The fourth-order valence-corrected chi connectivity index (χ4v) is 3.73. The molecule has 27 heavy (non-hydrogen) atoms. The number of aliphatic imine (C=N–C) groups is 1. The molecule has 6 heteroatoms. The summed E-state index contributed by atoms with van der Waals surface area (Å²) in [5.74, 6) is 0.0830. The van der Waals surface area contributed by atoms with Crippen molar-refractivity contribution in [3.05, 3.63) is 66.2 Å². The van der Waals surface area contributed by atoms with E-state index in [0.29, 0.717) is 11.5 Å². The second-order valence-electron chi connectivity index (χ2n) is 6.86. The molecule has 0 spiro atoms. The summed E-state index contributed by atoms with van der Waals surface area (Å²) in [6.45, 7) is 0. The number of guanidine groups is 1. The van der Waals surface area contributed by atoms with Gasteiger partial charge in [0.05, 0.1) is 12.1 Å². The number of carbonyl (C=O) groups is 2. The molecule has 2 atom stereocenters. The Bertz CT molecular complexity index is 851. The van der Waals surface area contributed by atoms with Crippen LogP contribution < -0.4 is 10.6 Å². The average molecular weight is 362 g/mol. The summed E-state index contributed by atoms with van der Waals surface area (Å²) >= 11 is 0. The molecule has 1 heterocycles. The van der Waals surface area contributed by atoms with E-state index in [4.69, 9.17) is 0 Å². The quantitative estimate of drug-likeness (QED) is 0.856. The van der Waals surface area contributed by atoms with Crippen molar-refractivity contribution in [2.45, 2.75) is 37.8 Å². The number of benzene rings is 2. The number of nitrogens with zero attached hydrogens (tertiary/aromatic N) is 2. The minimum atomic E-state index is -0.261. The Morgan fingerprint density at radius 1 is 0.889 bits per heavy atom. The molecule has 4 rings (SSSR count). The Morgan fingerprint density at radius 2 is 1.56 bits per heavy atom. The fourth-order valence-electron chi connectivity index (χ4n) is 3.73. The van der Waals surface area contributed by atoms with Gasteiger partial charge in [0, 0.05) is 11.3 Å². The monoisotopic (exact) mass is 362 g/mol. The topological polar surface area (TPSA) is 73.8 Å². The Hall–Kier alpha value is -3.15. The van der Waals surface area contributed by atoms with Crippen molar-refractivity contribution >= 4 is 23.6 Å². The molecular formula is C21H22N4O2. The smallest absolute Gasteiger partial charge is 0.307 e. The molecule has 0 saturated heterocycles. The number of urea groups is 1. The van der Waals surface area contributed by atoms with E-state index in [-0.39, 0.29) is 24.0 Å². The standard InChI is InChI=1S/C21H22N4O2/c26-19(15-9-3-1-4-10-15)24-20-23-17-13-7-8-14-18(17)25(20)21(27)22-16-11-5-2-6-12-16/h1-6,9-12,17-18H,7-8,13-14H2,(H,22,27)(H,23,24,26)/t17-,18+/m1/s1. The molecule has 2 N–H and O–H groups in total. The lowest BCUT2D eigenvalue weighted by Crippen LogP contribution is -2.52. The molecule has 2 aliphatic rings. The van der Waals surface area contributed by atoms with E-state index in [1.54, 1.807) is 17.0 Å². The molecule has 1 saturated carbocycles. The number of amides is 3. The van der Waals surface area contributed by atoms with Crippen LogP contribution in [0.5, 0.6) is 0 Å². The molecule has 6 nitrogen and oxygen atoms in total. The van der Waals surface area contributed by atoms with Crippen molar-refractivity contribution in [3.63, 3.8) is 0 Å². The summed E-state index contributed by atoms with van der Waals surface area (Å²) in [7, 11) is 0. The van der Waals surface area contributed by atoms with E-state index in [2.05, 4.69) is 15.6 Å².